The minimum Gasteiger partial charge on any atom is -0.488 e. The van der Waals surface area contributed by atoms with Gasteiger partial charge in [0, 0.05) is 38.4 Å². The number of methoxy groups -OCH3 is 1. The van der Waals surface area contributed by atoms with Crippen LogP contribution in [-0.2, 0) is 11.2 Å². The number of nitrogens with one attached hydrogen (secondary N) is 1. The van der Waals surface area contributed by atoms with Crippen molar-refractivity contribution in [3.8, 4) is 5.75 Å². The lowest BCUT2D eigenvalue weighted by Gasteiger charge is -2.15. The van der Waals surface area contributed by atoms with Crippen molar-refractivity contribution in [3.05, 3.63) is 23.8 Å². The highest BCUT2D eigenvalue weighted by molar-refractivity contribution is 5.53. The van der Waals surface area contributed by atoms with Crippen LogP contribution in [0.4, 0.5) is 5.69 Å². The van der Waals surface area contributed by atoms with Gasteiger partial charge in [0.25, 0.3) is 0 Å². The van der Waals surface area contributed by atoms with Crippen molar-refractivity contribution in [1.82, 2.24) is 0 Å². The van der Waals surface area contributed by atoms with E-state index in [9.17, 15) is 0 Å². The highest BCUT2D eigenvalue weighted by Crippen LogP contribution is 2.31. The predicted octanol–water partition coefficient (Wildman–Crippen LogP) is 1.79. The molecular weight excluding hydrogens is 228 g/mol. The lowest BCUT2D eigenvalue weighted by atomic mass is 10.1. The van der Waals surface area contributed by atoms with Crippen LogP contribution in [0.25, 0.3) is 0 Å². The Hall–Kier alpha value is -1.26. The summed E-state index contributed by atoms with van der Waals surface area (Å²) in [7, 11) is 1.73. The van der Waals surface area contributed by atoms with Gasteiger partial charge in [-0.1, -0.05) is 0 Å². The Morgan fingerprint density at radius 1 is 1.56 bits per heavy atom. The second-order valence-electron chi connectivity index (χ2n) is 4.83. The average Bonchev–Trinajstić information content (AvgIpc) is 2.78. The quantitative estimate of drug-likeness (QED) is 0.808. The van der Waals surface area contributed by atoms with Crippen LogP contribution in [-0.4, -0.2) is 32.4 Å². The Balaban J connectivity index is 1.96. The van der Waals surface area contributed by atoms with E-state index in [0.717, 1.165) is 30.9 Å². The molecule has 4 nitrogen and oxygen atoms in total. The third kappa shape index (κ3) is 3.15. The molecule has 0 saturated carbocycles. The number of hydrogen-bond acceptors (Lipinski definition) is 4. The third-order valence-corrected chi connectivity index (χ3v) is 3.23. The molecule has 0 aromatic heterocycles. The van der Waals surface area contributed by atoms with E-state index in [4.69, 9.17) is 15.2 Å². The zero-order valence-electron chi connectivity index (χ0n) is 11.1. The van der Waals surface area contributed by atoms with Crippen molar-refractivity contribution < 1.29 is 9.47 Å². The summed E-state index contributed by atoms with van der Waals surface area (Å²) < 4.78 is 10.8. The summed E-state index contributed by atoms with van der Waals surface area (Å²) in [5.74, 6) is 0.973. The van der Waals surface area contributed by atoms with Gasteiger partial charge in [0.1, 0.15) is 11.9 Å². The van der Waals surface area contributed by atoms with Gasteiger partial charge < -0.3 is 20.5 Å². The van der Waals surface area contributed by atoms with E-state index in [2.05, 4.69) is 24.4 Å². The lowest BCUT2D eigenvalue weighted by Crippen LogP contribution is -2.24. The number of rotatable bonds is 6. The fraction of sp³-hybridized carbons (Fsp3) is 0.571. The van der Waals surface area contributed by atoms with Crippen LogP contribution in [0.1, 0.15) is 18.9 Å². The van der Waals surface area contributed by atoms with Gasteiger partial charge in [-0.3, -0.25) is 0 Å². The maximum Gasteiger partial charge on any atom is 0.123 e. The standard InChI is InChI=1S/C14H22N2O2/c1-10(5-6-17-2)16-12-3-4-14-11(7-12)8-13(9-15)18-14/h3-4,7,10,13,16H,5-6,8-9,15H2,1-2H3. The molecule has 0 saturated heterocycles. The average molecular weight is 250 g/mol. The molecule has 3 N–H and O–H groups in total. The SMILES string of the molecule is COCCC(C)Nc1ccc2c(c1)CC(CN)O2. The molecule has 2 atom stereocenters. The first kappa shape index (κ1) is 13.2. The van der Waals surface area contributed by atoms with Crippen molar-refractivity contribution in [3.63, 3.8) is 0 Å². The zero-order valence-corrected chi connectivity index (χ0v) is 11.1. The molecule has 0 aliphatic carbocycles. The summed E-state index contributed by atoms with van der Waals surface area (Å²) >= 11 is 0. The Morgan fingerprint density at radius 3 is 3.11 bits per heavy atom. The van der Waals surface area contributed by atoms with Gasteiger partial charge in [0.2, 0.25) is 0 Å². The zero-order chi connectivity index (χ0) is 13.0. The molecule has 2 unspecified atom stereocenters. The molecule has 0 spiro atoms. The van der Waals surface area contributed by atoms with Crippen molar-refractivity contribution in [2.75, 3.05) is 25.6 Å². The minimum atomic E-state index is 0.140. The van der Waals surface area contributed by atoms with Gasteiger partial charge in [-0.2, -0.15) is 0 Å². The molecule has 0 fully saturated rings. The number of anilines is 1. The van der Waals surface area contributed by atoms with E-state index in [1.807, 2.05) is 6.07 Å². The molecule has 4 heteroatoms. The summed E-state index contributed by atoms with van der Waals surface area (Å²) in [6.45, 7) is 3.50. The molecule has 1 aromatic rings. The molecule has 1 aromatic carbocycles. The van der Waals surface area contributed by atoms with E-state index < -0.39 is 0 Å². The number of benzene rings is 1. The number of fused-ring (bicyclic) bond motifs is 1. The van der Waals surface area contributed by atoms with E-state index in [1.165, 1.54) is 5.56 Å². The Bertz CT molecular complexity index is 395. The monoisotopic (exact) mass is 250 g/mol. The molecular formula is C14H22N2O2. The van der Waals surface area contributed by atoms with Crippen LogP contribution in [0, 0.1) is 0 Å². The number of hydrogen-bond donors (Lipinski definition) is 2. The van der Waals surface area contributed by atoms with Crippen LogP contribution in [0.5, 0.6) is 5.75 Å². The number of nitrogens with two attached hydrogens (primary N) is 1. The minimum absolute atomic E-state index is 0.140. The van der Waals surface area contributed by atoms with Crippen LogP contribution >= 0.6 is 0 Å². The van der Waals surface area contributed by atoms with Crippen molar-refractivity contribution in [2.45, 2.75) is 31.9 Å². The van der Waals surface area contributed by atoms with E-state index in [-0.39, 0.29) is 6.10 Å². The molecule has 1 heterocycles. The molecule has 0 radical (unpaired) electrons. The smallest absolute Gasteiger partial charge is 0.123 e. The highest BCUT2D eigenvalue weighted by atomic mass is 16.5. The third-order valence-electron chi connectivity index (χ3n) is 3.23. The predicted molar refractivity (Wildman–Crippen MR) is 73.2 cm³/mol. The molecule has 1 aliphatic heterocycles. The van der Waals surface area contributed by atoms with Crippen molar-refractivity contribution in [1.29, 1.82) is 0 Å². The second-order valence-corrected chi connectivity index (χ2v) is 4.83. The molecule has 18 heavy (non-hydrogen) atoms. The summed E-state index contributed by atoms with van der Waals surface area (Å²) in [5, 5.41) is 3.47. The van der Waals surface area contributed by atoms with Crippen molar-refractivity contribution in [2.24, 2.45) is 5.73 Å². The van der Waals surface area contributed by atoms with Gasteiger partial charge in [-0.05, 0) is 37.1 Å². The van der Waals surface area contributed by atoms with Crippen molar-refractivity contribution >= 4 is 5.69 Å². The van der Waals surface area contributed by atoms with E-state index >= 15 is 0 Å². The first-order valence-corrected chi connectivity index (χ1v) is 6.48. The van der Waals surface area contributed by atoms with Gasteiger partial charge in [0.15, 0.2) is 0 Å². The second kappa shape index (κ2) is 6.07. The van der Waals surface area contributed by atoms with Crippen LogP contribution in [0.2, 0.25) is 0 Å². The lowest BCUT2D eigenvalue weighted by molar-refractivity contribution is 0.191. The maximum atomic E-state index is 5.71. The van der Waals surface area contributed by atoms with Crippen LogP contribution in [0.15, 0.2) is 18.2 Å². The van der Waals surface area contributed by atoms with E-state index in [1.54, 1.807) is 7.11 Å². The van der Waals surface area contributed by atoms with Gasteiger partial charge in [-0.25, -0.2) is 0 Å². The largest absolute Gasteiger partial charge is 0.488 e. The number of ether oxygens (including phenoxy) is 2. The van der Waals surface area contributed by atoms with Gasteiger partial charge in [0.05, 0.1) is 0 Å². The van der Waals surface area contributed by atoms with Crippen LogP contribution < -0.4 is 15.8 Å². The maximum absolute atomic E-state index is 5.71. The van der Waals surface area contributed by atoms with E-state index in [0.29, 0.717) is 12.6 Å². The molecule has 2 rings (SSSR count). The highest BCUT2D eigenvalue weighted by Gasteiger charge is 2.21. The molecule has 0 amide bonds. The summed E-state index contributed by atoms with van der Waals surface area (Å²) in [6.07, 6.45) is 2.05. The molecule has 1 aliphatic rings. The Labute approximate surface area is 108 Å². The fourth-order valence-corrected chi connectivity index (χ4v) is 2.19. The van der Waals surface area contributed by atoms with Crippen LogP contribution in [0.3, 0.4) is 0 Å². The summed E-state index contributed by atoms with van der Waals surface area (Å²) in [5.41, 5.74) is 8.01. The summed E-state index contributed by atoms with van der Waals surface area (Å²) in [4.78, 5) is 0. The Kier molecular flexibility index (Phi) is 4.44. The Morgan fingerprint density at radius 2 is 2.39 bits per heavy atom. The first-order chi connectivity index (χ1) is 8.72. The van der Waals surface area contributed by atoms with Gasteiger partial charge in [-0.15, -0.1) is 0 Å². The molecule has 100 valence electrons. The normalized spacial score (nSPS) is 19.2. The van der Waals surface area contributed by atoms with Gasteiger partial charge >= 0.3 is 0 Å². The fourth-order valence-electron chi connectivity index (χ4n) is 2.19. The summed E-state index contributed by atoms with van der Waals surface area (Å²) in [6, 6.07) is 6.64. The molecule has 0 bridgehead atoms. The topological polar surface area (TPSA) is 56.5 Å². The first-order valence-electron chi connectivity index (χ1n) is 6.48.